The van der Waals surface area contributed by atoms with Gasteiger partial charge in [-0.25, -0.2) is 0 Å². The molecule has 0 bridgehead atoms. The summed E-state index contributed by atoms with van der Waals surface area (Å²) in [5.41, 5.74) is 1.08. The number of amides is 1. The van der Waals surface area contributed by atoms with E-state index in [2.05, 4.69) is 16.5 Å². The van der Waals surface area contributed by atoms with E-state index in [1.54, 1.807) is 0 Å². The molecule has 0 N–H and O–H groups in total. The van der Waals surface area contributed by atoms with Gasteiger partial charge in [0, 0.05) is 6.54 Å². The molecule has 1 amide bonds. The number of thiazole rings is 1. The van der Waals surface area contributed by atoms with Crippen molar-refractivity contribution in [2.24, 2.45) is 4.99 Å². The maximum atomic E-state index is 12.3. The van der Waals surface area contributed by atoms with Crippen LogP contribution in [0.3, 0.4) is 0 Å². The van der Waals surface area contributed by atoms with E-state index in [4.69, 9.17) is 9.47 Å². The molecule has 0 aliphatic heterocycles. The van der Waals surface area contributed by atoms with Gasteiger partial charge in [-0.2, -0.15) is 4.99 Å². The van der Waals surface area contributed by atoms with Gasteiger partial charge in [0.2, 0.25) is 0 Å². The molecule has 27 heavy (non-hydrogen) atoms. The van der Waals surface area contributed by atoms with Gasteiger partial charge in [0.15, 0.2) is 4.80 Å². The van der Waals surface area contributed by atoms with Gasteiger partial charge in [0.25, 0.3) is 5.91 Å². The van der Waals surface area contributed by atoms with Crippen molar-refractivity contribution >= 4 is 27.5 Å². The van der Waals surface area contributed by atoms with Crippen molar-refractivity contribution < 1.29 is 14.3 Å². The van der Waals surface area contributed by atoms with E-state index in [1.807, 2.05) is 55.5 Å². The predicted molar refractivity (Wildman–Crippen MR) is 108 cm³/mol. The number of hydrogen-bond donors (Lipinski definition) is 0. The number of rotatable bonds is 8. The highest BCUT2D eigenvalue weighted by molar-refractivity contribution is 7.16. The lowest BCUT2D eigenvalue weighted by atomic mass is 10.3. The molecule has 0 aliphatic rings. The second-order valence-corrected chi connectivity index (χ2v) is 7.02. The summed E-state index contributed by atoms with van der Waals surface area (Å²) in [5, 5.41) is 0. The van der Waals surface area contributed by atoms with Crippen molar-refractivity contribution in [2.45, 2.75) is 33.2 Å². The Kier molecular flexibility index (Phi) is 6.65. The minimum absolute atomic E-state index is 0.174. The van der Waals surface area contributed by atoms with Gasteiger partial charge in [0.1, 0.15) is 11.5 Å². The number of ether oxygens (including phenoxy) is 2. The lowest BCUT2D eigenvalue weighted by Crippen LogP contribution is -2.17. The van der Waals surface area contributed by atoms with Crippen LogP contribution in [0.1, 0.15) is 26.7 Å². The Morgan fingerprint density at radius 1 is 1.07 bits per heavy atom. The number of benzene rings is 2. The van der Waals surface area contributed by atoms with Gasteiger partial charge >= 0.3 is 0 Å². The number of carbonyl (C=O) groups is 1. The van der Waals surface area contributed by atoms with Crippen molar-refractivity contribution in [1.82, 2.24) is 4.57 Å². The lowest BCUT2D eigenvalue weighted by molar-refractivity contribution is -0.118. The molecule has 0 unspecified atom stereocenters. The third-order valence-corrected chi connectivity index (χ3v) is 5.00. The van der Waals surface area contributed by atoms with E-state index in [0.29, 0.717) is 13.2 Å². The van der Waals surface area contributed by atoms with Gasteiger partial charge < -0.3 is 14.0 Å². The number of hydrogen-bond acceptors (Lipinski definition) is 4. The van der Waals surface area contributed by atoms with Gasteiger partial charge in [-0.1, -0.05) is 36.5 Å². The maximum absolute atomic E-state index is 12.3. The van der Waals surface area contributed by atoms with Crippen LogP contribution in [0.2, 0.25) is 0 Å². The van der Waals surface area contributed by atoms with Crippen LogP contribution in [0.5, 0.6) is 11.5 Å². The van der Waals surface area contributed by atoms with Gasteiger partial charge in [-0.3, -0.25) is 4.79 Å². The Labute approximate surface area is 162 Å². The van der Waals surface area contributed by atoms with Crippen molar-refractivity contribution in [1.29, 1.82) is 0 Å². The van der Waals surface area contributed by atoms with Gasteiger partial charge in [-0.15, -0.1) is 0 Å². The Morgan fingerprint density at radius 2 is 1.89 bits per heavy atom. The third-order valence-electron chi connectivity index (χ3n) is 3.96. The molecule has 0 fully saturated rings. The largest absolute Gasteiger partial charge is 0.494 e. The molecule has 0 aliphatic carbocycles. The predicted octanol–water partition coefficient (Wildman–Crippen LogP) is 4.41. The molecule has 0 saturated heterocycles. The molecule has 0 saturated carbocycles. The fourth-order valence-corrected chi connectivity index (χ4v) is 3.87. The Bertz CT molecular complexity index is 960. The van der Waals surface area contributed by atoms with E-state index < -0.39 is 0 Å². The van der Waals surface area contributed by atoms with Crippen LogP contribution in [-0.2, 0) is 11.3 Å². The Hall–Kier alpha value is -2.60. The van der Waals surface area contributed by atoms with Crippen LogP contribution in [0.25, 0.3) is 10.2 Å². The minimum Gasteiger partial charge on any atom is -0.494 e. The van der Waals surface area contributed by atoms with Gasteiger partial charge in [-0.05, 0) is 43.7 Å². The summed E-state index contributed by atoms with van der Waals surface area (Å²) < 4.78 is 14.3. The fourth-order valence-electron chi connectivity index (χ4n) is 2.77. The zero-order valence-corrected chi connectivity index (χ0v) is 16.5. The lowest BCUT2D eigenvalue weighted by Gasteiger charge is -2.05. The molecular weight excluding hydrogens is 360 g/mol. The quantitative estimate of drug-likeness (QED) is 0.578. The number of para-hydroxylation sites is 1. The maximum Gasteiger partial charge on any atom is 0.251 e. The highest BCUT2D eigenvalue weighted by Crippen LogP contribution is 2.23. The van der Waals surface area contributed by atoms with Crippen LogP contribution < -0.4 is 14.3 Å². The van der Waals surface area contributed by atoms with Crippen molar-refractivity contribution in [3.8, 4) is 11.5 Å². The average molecular weight is 385 g/mol. The number of aryl methyl sites for hydroxylation is 1. The molecule has 5 nitrogen and oxygen atoms in total. The summed E-state index contributed by atoms with van der Waals surface area (Å²) in [6.07, 6.45) is 1.22. The van der Waals surface area contributed by atoms with E-state index in [-0.39, 0.29) is 12.3 Å². The first-order chi connectivity index (χ1) is 13.2. The number of aromatic nitrogens is 1. The van der Waals surface area contributed by atoms with Crippen molar-refractivity contribution in [3.63, 3.8) is 0 Å². The summed E-state index contributed by atoms with van der Waals surface area (Å²) in [5.74, 6) is 1.42. The summed E-state index contributed by atoms with van der Waals surface area (Å²) in [4.78, 5) is 17.4. The highest BCUT2D eigenvalue weighted by Gasteiger charge is 2.09. The molecule has 2 aromatic carbocycles. The fraction of sp³-hybridized carbons (Fsp3) is 0.333. The SMILES string of the molecule is CCCn1c(=NC(=O)CCOc2ccccc2)sc2cc(OCC)ccc21. The third kappa shape index (κ3) is 4.98. The molecule has 1 aromatic heterocycles. The molecule has 0 radical (unpaired) electrons. The molecule has 142 valence electrons. The molecule has 1 heterocycles. The smallest absolute Gasteiger partial charge is 0.251 e. The van der Waals surface area contributed by atoms with E-state index in [1.165, 1.54) is 11.3 Å². The van der Waals surface area contributed by atoms with Crippen LogP contribution in [-0.4, -0.2) is 23.7 Å². The summed E-state index contributed by atoms with van der Waals surface area (Å²) >= 11 is 1.52. The second-order valence-electron chi connectivity index (χ2n) is 6.02. The van der Waals surface area contributed by atoms with Gasteiger partial charge in [0.05, 0.1) is 29.9 Å². The first-order valence-corrected chi connectivity index (χ1v) is 10.0. The van der Waals surface area contributed by atoms with Crippen LogP contribution in [0.15, 0.2) is 53.5 Å². The normalized spacial score (nSPS) is 11.7. The monoisotopic (exact) mass is 384 g/mol. The van der Waals surface area contributed by atoms with Crippen LogP contribution in [0.4, 0.5) is 0 Å². The van der Waals surface area contributed by atoms with E-state index >= 15 is 0 Å². The zero-order valence-electron chi connectivity index (χ0n) is 15.7. The number of nitrogens with zero attached hydrogens (tertiary/aromatic N) is 2. The van der Waals surface area contributed by atoms with Crippen molar-refractivity contribution in [3.05, 3.63) is 53.3 Å². The molecule has 6 heteroatoms. The molecule has 3 rings (SSSR count). The van der Waals surface area contributed by atoms with Crippen molar-refractivity contribution in [2.75, 3.05) is 13.2 Å². The molecular formula is C21H24N2O3S. The first kappa shape index (κ1) is 19.2. The molecule has 0 atom stereocenters. The Morgan fingerprint density at radius 3 is 2.63 bits per heavy atom. The zero-order chi connectivity index (χ0) is 19.1. The highest BCUT2D eigenvalue weighted by atomic mass is 32.1. The first-order valence-electron chi connectivity index (χ1n) is 9.23. The topological polar surface area (TPSA) is 52.8 Å². The summed E-state index contributed by atoms with van der Waals surface area (Å²) in [6.45, 7) is 5.85. The number of fused-ring (bicyclic) bond motifs is 1. The molecule has 0 spiro atoms. The standard InChI is InChI=1S/C21H24N2O3S/c1-3-13-23-18-11-10-17(25-4-2)15-19(18)27-21(23)22-20(24)12-14-26-16-8-6-5-7-9-16/h5-11,15H,3-4,12-14H2,1-2H3. The average Bonchev–Trinajstić information content (AvgIpc) is 3.00. The van der Waals surface area contributed by atoms with Crippen LogP contribution in [0, 0.1) is 0 Å². The van der Waals surface area contributed by atoms with E-state index in [0.717, 1.165) is 39.5 Å². The Balaban J connectivity index is 1.78. The molecule has 3 aromatic rings. The number of carbonyl (C=O) groups excluding carboxylic acids is 1. The summed E-state index contributed by atoms with van der Waals surface area (Å²) in [6, 6.07) is 15.5. The van der Waals surface area contributed by atoms with Crippen LogP contribution >= 0.6 is 11.3 Å². The van der Waals surface area contributed by atoms with E-state index in [9.17, 15) is 4.79 Å². The summed E-state index contributed by atoms with van der Waals surface area (Å²) in [7, 11) is 0. The second kappa shape index (κ2) is 9.37. The minimum atomic E-state index is -0.174.